The Morgan fingerprint density at radius 1 is 1.09 bits per heavy atom. The maximum atomic E-state index is 12.2. The molecule has 0 spiro atoms. The van der Waals surface area contributed by atoms with Crippen LogP contribution in [-0.2, 0) is 9.53 Å². The van der Waals surface area contributed by atoms with Gasteiger partial charge < -0.3 is 9.84 Å². The third-order valence-electron chi connectivity index (χ3n) is 8.13. The highest BCUT2D eigenvalue weighted by Crippen LogP contribution is 2.53. The molecule has 4 heteroatoms. The summed E-state index contributed by atoms with van der Waals surface area (Å²) in [4.78, 5) is 24.3. The minimum absolute atomic E-state index is 0.0833. The summed E-state index contributed by atoms with van der Waals surface area (Å²) < 4.78 is 6.89. The molecule has 1 heterocycles. The average Bonchev–Trinajstić information content (AvgIpc) is 2.82. The Bertz CT molecular complexity index is 1210. The quantitative estimate of drug-likeness (QED) is 0.623. The van der Waals surface area contributed by atoms with Crippen LogP contribution >= 0.6 is 0 Å². The van der Waals surface area contributed by atoms with E-state index in [1.165, 1.54) is 11.1 Å². The van der Waals surface area contributed by atoms with Crippen molar-refractivity contribution in [3.8, 4) is 0 Å². The summed E-state index contributed by atoms with van der Waals surface area (Å²) in [6.45, 7) is 2.11. The first-order chi connectivity index (χ1) is 16.0. The molecular formula is C29H28O4. The lowest BCUT2D eigenvalue weighted by atomic mass is 9.64. The van der Waals surface area contributed by atoms with E-state index in [9.17, 15) is 14.7 Å². The van der Waals surface area contributed by atoms with E-state index in [4.69, 9.17) is 4.74 Å². The number of ether oxygens (including phenoxy) is 1. The molecule has 0 amide bonds. The van der Waals surface area contributed by atoms with E-state index in [1.54, 1.807) is 12.1 Å². The molecule has 2 saturated carbocycles. The van der Waals surface area contributed by atoms with Crippen LogP contribution in [0.25, 0.3) is 5.57 Å². The van der Waals surface area contributed by atoms with Crippen molar-refractivity contribution in [2.75, 3.05) is 0 Å². The summed E-state index contributed by atoms with van der Waals surface area (Å²) in [7, 11) is 0. The first-order valence-electron chi connectivity index (χ1n) is 12.0. The third kappa shape index (κ3) is 3.26. The lowest BCUT2D eigenvalue weighted by molar-refractivity contribution is -0.124. The smallest absolute Gasteiger partial charge is 0.336 e. The van der Waals surface area contributed by atoms with Crippen molar-refractivity contribution in [3.05, 3.63) is 88.3 Å². The molecule has 0 radical (unpaired) electrons. The first kappa shape index (κ1) is 20.5. The van der Waals surface area contributed by atoms with Crippen molar-refractivity contribution >= 4 is 17.3 Å². The summed E-state index contributed by atoms with van der Waals surface area (Å²) >= 11 is 0. The second-order valence-electron chi connectivity index (χ2n) is 10.0. The molecule has 1 N–H and O–H groups in total. The number of allylic oxidation sites excluding steroid dienone is 8. The van der Waals surface area contributed by atoms with Gasteiger partial charge in [-0.2, -0.15) is 0 Å². The number of fused-ring (bicyclic) bond motifs is 5. The zero-order valence-corrected chi connectivity index (χ0v) is 18.8. The fraction of sp³-hybridized carbons (Fsp3) is 0.379. The number of hydrogen-bond acceptors (Lipinski definition) is 3. The van der Waals surface area contributed by atoms with E-state index in [1.807, 2.05) is 12.1 Å². The molecule has 1 aromatic rings. The van der Waals surface area contributed by atoms with E-state index in [-0.39, 0.29) is 17.9 Å². The van der Waals surface area contributed by atoms with Gasteiger partial charge in [-0.3, -0.25) is 4.79 Å². The van der Waals surface area contributed by atoms with E-state index in [0.717, 1.165) is 41.7 Å². The number of carboxylic acids is 1. The average molecular weight is 441 g/mol. The Labute approximate surface area is 194 Å². The molecule has 4 nitrogen and oxygen atoms in total. The Morgan fingerprint density at radius 3 is 2.79 bits per heavy atom. The monoisotopic (exact) mass is 440 g/mol. The van der Waals surface area contributed by atoms with Gasteiger partial charge in [0.15, 0.2) is 0 Å². The summed E-state index contributed by atoms with van der Waals surface area (Å²) in [5.74, 6) is 1.45. The lowest BCUT2D eigenvalue weighted by Crippen LogP contribution is -2.43. The Hall–Kier alpha value is -3.14. The molecule has 6 rings (SSSR count). The summed E-state index contributed by atoms with van der Waals surface area (Å²) in [5.41, 5.74) is 5.65. The summed E-state index contributed by atoms with van der Waals surface area (Å²) in [6.07, 6.45) is 14.9. The van der Waals surface area contributed by atoms with Gasteiger partial charge in [-0.25, -0.2) is 4.79 Å². The van der Waals surface area contributed by atoms with Crippen LogP contribution in [0.5, 0.6) is 0 Å². The molecule has 33 heavy (non-hydrogen) atoms. The number of rotatable bonds is 2. The van der Waals surface area contributed by atoms with Gasteiger partial charge in [0.2, 0.25) is 0 Å². The highest BCUT2D eigenvalue weighted by atomic mass is 16.5. The van der Waals surface area contributed by atoms with E-state index < -0.39 is 5.97 Å². The van der Waals surface area contributed by atoms with Gasteiger partial charge in [-0.05, 0) is 54.9 Å². The molecule has 168 valence electrons. The molecule has 1 aromatic carbocycles. The zero-order valence-electron chi connectivity index (χ0n) is 18.8. The molecule has 2 fully saturated rings. The lowest BCUT2D eigenvalue weighted by Gasteiger charge is -2.47. The molecule has 5 unspecified atom stereocenters. The maximum absolute atomic E-state index is 12.2. The van der Waals surface area contributed by atoms with Gasteiger partial charge in [0.25, 0.3) is 0 Å². The molecule has 0 saturated heterocycles. The Kier molecular flexibility index (Phi) is 4.79. The summed E-state index contributed by atoms with van der Waals surface area (Å²) in [5, 5.41) is 9.98. The summed E-state index contributed by atoms with van der Waals surface area (Å²) in [6, 6.07) is 7.35. The largest absolute Gasteiger partial charge is 0.489 e. The number of carboxylic acid groups (broad SMARTS) is 1. The molecule has 5 atom stereocenters. The highest BCUT2D eigenvalue weighted by Gasteiger charge is 2.46. The number of benzene rings is 1. The van der Waals surface area contributed by atoms with Crippen molar-refractivity contribution in [2.45, 2.75) is 45.1 Å². The Balaban J connectivity index is 1.54. The normalized spacial score (nSPS) is 32.3. The van der Waals surface area contributed by atoms with Crippen molar-refractivity contribution in [3.63, 3.8) is 0 Å². The predicted octanol–water partition coefficient (Wildman–Crippen LogP) is 5.89. The van der Waals surface area contributed by atoms with Crippen molar-refractivity contribution in [1.29, 1.82) is 0 Å². The van der Waals surface area contributed by atoms with Gasteiger partial charge in [0, 0.05) is 36.2 Å². The van der Waals surface area contributed by atoms with E-state index >= 15 is 0 Å². The van der Waals surface area contributed by atoms with Gasteiger partial charge in [-0.1, -0.05) is 54.2 Å². The standard InChI is InChI=1S/C29H28O4/c1-16-6-10-20-17(14-16)7-11-24-26(22-4-2-3-5-23(22)29(31)32)25-12-8-18-15-19(30)9-13-21(18)28(25)33-27(20)24/h2-7,10-11,14,17-18,20-21,28H,8-9,12-13,15H2,1H3,(H,31,32). The van der Waals surface area contributed by atoms with Gasteiger partial charge in [0.1, 0.15) is 17.6 Å². The van der Waals surface area contributed by atoms with Crippen molar-refractivity contribution in [1.82, 2.24) is 0 Å². The van der Waals surface area contributed by atoms with Crippen LogP contribution in [-0.4, -0.2) is 23.0 Å². The van der Waals surface area contributed by atoms with E-state index in [0.29, 0.717) is 36.0 Å². The van der Waals surface area contributed by atoms with Gasteiger partial charge in [-0.15, -0.1) is 0 Å². The maximum Gasteiger partial charge on any atom is 0.336 e. The van der Waals surface area contributed by atoms with Crippen LogP contribution in [0, 0.1) is 23.7 Å². The number of aromatic carboxylic acids is 1. The highest BCUT2D eigenvalue weighted by molar-refractivity contribution is 5.99. The van der Waals surface area contributed by atoms with Crippen LogP contribution in [0.15, 0.2) is 77.1 Å². The molecular weight excluding hydrogens is 412 g/mol. The fourth-order valence-electron chi connectivity index (χ4n) is 6.61. The van der Waals surface area contributed by atoms with Crippen LogP contribution in [0.1, 0.15) is 54.9 Å². The molecule has 0 aromatic heterocycles. The van der Waals surface area contributed by atoms with Crippen molar-refractivity contribution in [2.24, 2.45) is 23.7 Å². The van der Waals surface area contributed by atoms with Gasteiger partial charge >= 0.3 is 5.97 Å². The number of ketones is 1. The van der Waals surface area contributed by atoms with Crippen LogP contribution in [0.3, 0.4) is 0 Å². The zero-order chi connectivity index (χ0) is 22.7. The van der Waals surface area contributed by atoms with Crippen LogP contribution < -0.4 is 0 Å². The van der Waals surface area contributed by atoms with Gasteiger partial charge in [0.05, 0.1) is 5.56 Å². The Morgan fingerprint density at radius 2 is 1.94 bits per heavy atom. The second kappa shape index (κ2) is 7.72. The first-order valence-corrected chi connectivity index (χ1v) is 12.0. The number of carbonyl (C=O) groups excluding carboxylic acids is 1. The molecule has 0 bridgehead atoms. The SMILES string of the molecule is CC1=CC2C=CC3=C(OC4C(=C3c3ccccc3C(=O)O)CCC3CC(=O)CCC34)C2C=C1. The minimum atomic E-state index is -0.908. The number of Topliss-reactive ketones (excluding diaryl/α,β-unsaturated/α-hetero) is 1. The minimum Gasteiger partial charge on any atom is -0.489 e. The molecule has 4 aliphatic carbocycles. The van der Waals surface area contributed by atoms with Crippen LogP contribution in [0.2, 0.25) is 0 Å². The fourth-order valence-corrected chi connectivity index (χ4v) is 6.61. The van der Waals surface area contributed by atoms with E-state index in [2.05, 4.69) is 37.3 Å². The third-order valence-corrected chi connectivity index (χ3v) is 8.13. The number of hydrogen-bond donors (Lipinski definition) is 1. The topological polar surface area (TPSA) is 63.6 Å². The van der Waals surface area contributed by atoms with Crippen molar-refractivity contribution < 1.29 is 19.4 Å². The van der Waals surface area contributed by atoms with Crippen LogP contribution in [0.4, 0.5) is 0 Å². The predicted molar refractivity (Wildman–Crippen MR) is 126 cm³/mol. The second-order valence-corrected chi connectivity index (χ2v) is 10.0. The molecule has 5 aliphatic rings. The number of carbonyl (C=O) groups is 2. The molecule has 1 aliphatic heterocycles.